The van der Waals surface area contributed by atoms with Crippen LogP contribution in [0.5, 0.6) is 0 Å². The summed E-state index contributed by atoms with van der Waals surface area (Å²) in [6, 6.07) is 8.76. The predicted molar refractivity (Wildman–Crippen MR) is 147 cm³/mol. The number of hydrogen-bond donors (Lipinski definition) is 1. The highest BCUT2D eigenvalue weighted by atomic mass is 35.5. The second-order valence-electron chi connectivity index (χ2n) is 9.84. The van der Waals surface area contributed by atoms with E-state index in [1.165, 1.54) is 27.7 Å². The van der Waals surface area contributed by atoms with Gasteiger partial charge in [-0.05, 0) is 104 Å². The van der Waals surface area contributed by atoms with Crippen LogP contribution in [0.2, 0.25) is 0 Å². The van der Waals surface area contributed by atoms with Crippen molar-refractivity contribution in [1.82, 2.24) is 4.98 Å². The van der Waals surface area contributed by atoms with Gasteiger partial charge in [0.05, 0.1) is 0 Å². The molecule has 0 aliphatic heterocycles. The molecule has 1 aliphatic rings. The van der Waals surface area contributed by atoms with Gasteiger partial charge in [-0.1, -0.05) is 74.0 Å². The maximum atomic E-state index is 6.72. The molecule has 33 heavy (non-hydrogen) atoms. The molecule has 1 nitrogen and oxygen atoms in total. The molecule has 1 aromatic carbocycles. The van der Waals surface area contributed by atoms with E-state index >= 15 is 0 Å². The highest BCUT2D eigenvalue weighted by Crippen LogP contribution is 2.44. The van der Waals surface area contributed by atoms with Gasteiger partial charge in [0.25, 0.3) is 0 Å². The molecule has 1 aromatic heterocycles. The minimum atomic E-state index is -0.201. The van der Waals surface area contributed by atoms with E-state index in [-0.39, 0.29) is 5.41 Å². The van der Waals surface area contributed by atoms with Gasteiger partial charge in [0.15, 0.2) is 0 Å². The number of hydrogen-bond acceptors (Lipinski definition) is 0. The molecular formula is C31H36ClN. The zero-order valence-corrected chi connectivity index (χ0v) is 21.9. The lowest BCUT2D eigenvalue weighted by atomic mass is 9.73. The monoisotopic (exact) mass is 457 g/mol. The van der Waals surface area contributed by atoms with E-state index in [2.05, 4.69) is 95.3 Å². The van der Waals surface area contributed by atoms with E-state index in [4.69, 9.17) is 11.6 Å². The first kappa shape index (κ1) is 24.9. The van der Waals surface area contributed by atoms with Gasteiger partial charge in [0, 0.05) is 22.2 Å². The highest BCUT2D eigenvalue weighted by Gasteiger charge is 2.29. The topological polar surface area (TPSA) is 15.8 Å². The summed E-state index contributed by atoms with van der Waals surface area (Å²) in [6.45, 7) is 23.7. The third-order valence-corrected chi connectivity index (χ3v) is 6.86. The second kappa shape index (κ2) is 9.61. The molecule has 0 fully saturated rings. The molecule has 0 amide bonds. The normalized spacial score (nSPS) is 17.4. The number of benzene rings is 1. The van der Waals surface area contributed by atoms with Gasteiger partial charge in [-0.15, -0.1) is 0 Å². The summed E-state index contributed by atoms with van der Waals surface area (Å²) in [5.41, 5.74) is 11.3. The summed E-state index contributed by atoms with van der Waals surface area (Å²) in [6.07, 6.45) is 9.62. The Kier molecular flexibility index (Phi) is 7.24. The molecule has 3 rings (SSSR count). The molecule has 0 spiro atoms. The Morgan fingerprint density at radius 3 is 2.36 bits per heavy atom. The maximum absolute atomic E-state index is 6.72. The summed E-state index contributed by atoms with van der Waals surface area (Å²) >= 11 is 6.72. The van der Waals surface area contributed by atoms with E-state index in [0.29, 0.717) is 0 Å². The minimum Gasteiger partial charge on any atom is -0.361 e. The van der Waals surface area contributed by atoms with E-state index < -0.39 is 0 Å². The van der Waals surface area contributed by atoms with Crippen molar-refractivity contribution in [3.63, 3.8) is 0 Å². The van der Waals surface area contributed by atoms with E-state index in [0.717, 1.165) is 44.8 Å². The number of allylic oxidation sites excluding steroid dienone is 12. The van der Waals surface area contributed by atoms with Gasteiger partial charge in [-0.2, -0.15) is 0 Å². The zero-order chi connectivity index (χ0) is 24.5. The Morgan fingerprint density at radius 2 is 1.73 bits per heavy atom. The van der Waals surface area contributed by atoms with Gasteiger partial charge in [-0.3, -0.25) is 0 Å². The molecule has 0 radical (unpaired) electrons. The first-order valence-electron chi connectivity index (χ1n) is 11.5. The van der Waals surface area contributed by atoms with Crippen molar-refractivity contribution in [2.75, 3.05) is 0 Å². The molecule has 2 heteroatoms. The Hall–Kier alpha value is -2.77. The second-order valence-corrected chi connectivity index (χ2v) is 10.4. The van der Waals surface area contributed by atoms with Gasteiger partial charge in [-0.25, -0.2) is 0 Å². The number of H-pyrrole nitrogens is 1. The average Bonchev–Trinajstić information content (AvgIpc) is 3.15. The van der Waals surface area contributed by atoms with Crippen LogP contribution in [-0.4, -0.2) is 4.98 Å². The quantitative estimate of drug-likeness (QED) is 0.415. The fraction of sp³-hybridized carbons (Fsp3) is 0.290. The van der Waals surface area contributed by atoms with Crippen LogP contribution < -0.4 is 0 Å². The van der Waals surface area contributed by atoms with Crippen LogP contribution in [0.15, 0.2) is 111 Å². The third kappa shape index (κ3) is 5.25. The third-order valence-electron chi connectivity index (χ3n) is 6.67. The lowest BCUT2D eigenvalue weighted by molar-refractivity contribution is 0.583. The van der Waals surface area contributed by atoms with E-state index in [1.54, 1.807) is 0 Å². The largest absolute Gasteiger partial charge is 0.361 e. The molecule has 2 aromatic rings. The Labute approximate surface area is 204 Å². The number of nitrogens with one attached hydrogen (secondary N) is 1. The molecule has 1 N–H and O–H groups in total. The summed E-state index contributed by atoms with van der Waals surface area (Å²) in [5, 5.41) is 1.98. The van der Waals surface area contributed by atoms with E-state index in [1.807, 2.05) is 20.0 Å². The number of fused-ring (bicyclic) bond motifs is 1. The first-order chi connectivity index (χ1) is 15.4. The number of aromatic amines is 1. The lowest BCUT2D eigenvalue weighted by Crippen LogP contribution is -2.17. The Bertz CT molecular complexity index is 1280. The molecule has 0 unspecified atom stereocenters. The molecule has 0 bridgehead atoms. The van der Waals surface area contributed by atoms with Crippen molar-refractivity contribution < 1.29 is 0 Å². The molecule has 172 valence electrons. The zero-order valence-electron chi connectivity index (χ0n) is 21.1. The standard InChI is InChI=1S/C31H36ClN/c1-19(2)21(4)22(5)29(24(7)32)23(6)30-27(16-20(3)12-14-31(30,8)9)18-25-10-11-28-26(17-25)13-15-33-28/h10-17,33H,1,6,18H2,2-5,7-9H3/b22-21-,29-24-. The van der Waals surface area contributed by atoms with E-state index in [9.17, 15) is 0 Å². The number of rotatable bonds is 6. The van der Waals surface area contributed by atoms with Crippen LogP contribution in [0.3, 0.4) is 0 Å². The van der Waals surface area contributed by atoms with Crippen molar-refractivity contribution in [3.05, 3.63) is 117 Å². The maximum Gasteiger partial charge on any atom is 0.0454 e. The van der Waals surface area contributed by atoms with Crippen LogP contribution in [-0.2, 0) is 6.42 Å². The Balaban J connectivity index is 2.23. The number of halogens is 1. The summed E-state index contributed by atoms with van der Waals surface area (Å²) in [4.78, 5) is 3.29. The fourth-order valence-corrected chi connectivity index (χ4v) is 4.97. The average molecular weight is 458 g/mol. The van der Waals surface area contributed by atoms with Crippen molar-refractivity contribution in [1.29, 1.82) is 0 Å². The van der Waals surface area contributed by atoms with Crippen LogP contribution in [0.25, 0.3) is 10.9 Å². The lowest BCUT2D eigenvalue weighted by Gasteiger charge is -2.31. The molecular weight excluding hydrogens is 422 g/mol. The van der Waals surface area contributed by atoms with Crippen LogP contribution >= 0.6 is 11.6 Å². The highest BCUT2D eigenvalue weighted by molar-refractivity contribution is 6.30. The molecule has 0 atom stereocenters. The van der Waals surface area contributed by atoms with Gasteiger partial charge >= 0.3 is 0 Å². The van der Waals surface area contributed by atoms with Crippen molar-refractivity contribution in [2.45, 2.75) is 54.9 Å². The first-order valence-corrected chi connectivity index (χ1v) is 11.9. The fourth-order valence-electron chi connectivity index (χ4n) is 4.71. The van der Waals surface area contributed by atoms with Crippen molar-refractivity contribution >= 4 is 22.5 Å². The summed E-state index contributed by atoms with van der Waals surface area (Å²) < 4.78 is 0. The minimum absolute atomic E-state index is 0.201. The van der Waals surface area contributed by atoms with Crippen LogP contribution in [0, 0.1) is 5.41 Å². The van der Waals surface area contributed by atoms with Crippen molar-refractivity contribution in [3.8, 4) is 0 Å². The Morgan fingerprint density at radius 1 is 1.03 bits per heavy atom. The van der Waals surface area contributed by atoms with Gasteiger partial charge < -0.3 is 4.98 Å². The number of aromatic nitrogens is 1. The van der Waals surface area contributed by atoms with Crippen molar-refractivity contribution in [2.24, 2.45) is 5.41 Å². The predicted octanol–water partition coefficient (Wildman–Crippen LogP) is 9.53. The van der Waals surface area contributed by atoms with Crippen LogP contribution in [0.4, 0.5) is 0 Å². The molecule has 1 heterocycles. The smallest absolute Gasteiger partial charge is 0.0454 e. The molecule has 1 aliphatic carbocycles. The SMILES string of the molecule is C=C(C)/C(C)=C(C)\C(C(=C)C1=C(Cc2ccc3[nH]ccc3c2)C=C(C)C=CC1(C)C)=C(/C)Cl. The summed E-state index contributed by atoms with van der Waals surface area (Å²) in [7, 11) is 0. The van der Waals surface area contributed by atoms with Gasteiger partial charge in [0.2, 0.25) is 0 Å². The molecule has 0 saturated carbocycles. The van der Waals surface area contributed by atoms with Crippen LogP contribution in [0.1, 0.15) is 54.0 Å². The van der Waals surface area contributed by atoms with Gasteiger partial charge in [0.1, 0.15) is 0 Å². The summed E-state index contributed by atoms with van der Waals surface area (Å²) in [5.74, 6) is 0. The molecule has 0 saturated heterocycles.